The summed E-state index contributed by atoms with van der Waals surface area (Å²) in [5.41, 5.74) is 3.71. The summed E-state index contributed by atoms with van der Waals surface area (Å²) >= 11 is 0. The first-order valence-electron chi connectivity index (χ1n) is 8.23. The molecule has 2 aromatic carbocycles. The Balaban J connectivity index is 1.40. The molecule has 0 aliphatic carbocycles. The number of benzene rings is 2. The first-order valence-corrected chi connectivity index (χ1v) is 8.23. The Kier molecular flexibility index (Phi) is 5.64. The van der Waals surface area contributed by atoms with Crippen LogP contribution in [0.15, 0.2) is 67.3 Å². The average molecular weight is 321 g/mol. The monoisotopic (exact) mass is 321 g/mol. The maximum atomic E-state index is 5.83. The fourth-order valence-electron chi connectivity index (χ4n) is 2.41. The van der Waals surface area contributed by atoms with Crippen molar-refractivity contribution in [1.82, 2.24) is 14.9 Å². The van der Waals surface area contributed by atoms with Crippen molar-refractivity contribution in [2.24, 2.45) is 0 Å². The molecule has 0 spiro atoms. The molecule has 0 radical (unpaired) electrons. The van der Waals surface area contributed by atoms with E-state index in [9.17, 15) is 0 Å². The number of imidazole rings is 1. The zero-order chi connectivity index (χ0) is 16.6. The second kappa shape index (κ2) is 8.31. The summed E-state index contributed by atoms with van der Waals surface area (Å²) in [4.78, 5) is 4.03. The van der Waals surface area contributed by atoms with Crippen molar-refractivity contribution in [1.29, 1.82) is 0 Å². The van der Waals surface area contributed by atoms with Crippen LogP contribution in [0.25, 0.3) is 0 Å². The Morgan fingerprint density at radius 3 is 2.46 bits per heavy atom. The predicted octanol–water partition coefficient (Wildman–Crippen LogP) is 3.56. The van der Waals surface area contributed by atoms with Gasteiger partial charge in [0.05, 0.1) is 6.33 Å². The first kappa shape index (κ1) is 16.3. The molecule has 3 rings (SSSR count). The van der Waals surface area contributed by atoms with Gasteiger partial charge in [0, 0.05) is 32.0 Å². The molecule has 3 aromatic rings. The molecule has 0 aliphatic heterocycles. The van der Waals surface area contributed by atoms with Gasteiger partial charge in [-0.15, -0.1) is 0 Å². The van der Waals surface area contributed by atoms with Crippen LogP contribution in [0.5, 0.6) is 5.75 Å². The Bertz CT molecular complexity index is 719. The van der Waals surface area contributed by atoms with Crippen LogP contribution in [0.2, 0.25) is 0 Å². The molecule has 24 heavy (non-hydrogen) atoms. The molecule has 0 saturated carbocycles. The molecule has 4 nitrogen and oxygen atoms in total. The Morgan fingerprint density at radius 1 is 1.00 bits per heavy atom. The topological polar surface area (TPSA) is 39.1 Å². The lowest BCUT2D eigenvalue weighted by molar-refractivity contribution is 0.306. The predicted molar refractivity (Wildman–Crippen MR) is 95.9 cm³/mol. The van der Waals surface area contributed by atoms with Crippen LogP contribution in [0, 0.1) is 6.92 Å². The molecule has 1 heterocycles. The van der Waals surface area contributed by atoms with Gasteiger partial charge in [-0.2, -0.15) is 0 Å². The fraction of sp³-hybridized carbons (Fsp3) is 0.250. The van der Waals surface area contributed by atoms with E-state index in [2.05, 4.69) is 58.2 Å². The molecule has 0 fully saturated rings. The molecule has 0 saturated heterocycles. The third-order valence-corrected chi connectivity index (χ3v) is 3.88. The Hall–Kier alpha value is -2.59. The van der Waals surface area contributed by atoms with E-state index in [1.54, 1.807) is 6.20 Å². The number of ether oxygens (including phenoxy) is 1. The van der Waals surface area contributed by atoms with Crippen molar-refractivity contribution >= 4 is 0 Å². The van der Waals surface area contributed by atoms with Crippen LogP contribution < -0.4 is 10.1 Å². The van der Waals surface area contributed by atoms with Gasteiger partial charge in [-0.25, -0.2) is 4.98 Å². The number of rotatable bonds is 8. The number of nitrogens with zero attached hydrogens (tertiary/aromatic N) is 2. The van der Waals surface area contributed by atoms with E-state index in [0.29, 0.717) is 6.61 Å². The summed E-state index contributed by atoms with van der Waals surface area (Å²) in [6.45, 7) is 5.39. The Labute approximate surface area is 143 Å². The summed E-state index contributed by atoms with van der Waals surface area (Å²) in [5.74, 6) is 0.901. The van der Waals surface area contributed by atoms with Gasteiger partial charge < -0.3 is 14.6 Å². The molecule has 4 heteroatoms. The molecule has 0 unspecified atom stereocenters. The van der Waals surface area contributed by atoms with Crippen molar-refractivity contribution in [3.63, 3.8) is 0 Å². The Morgan fingerprint density at radius 2 is 1.75 bits per heavy atom. The maximum Gasteiger partial charge on any atom is 0.119 e. The molecule has 1 N–H and O–H groups in total. The van der Waals surface area contributed by atoms with Gasteiger partial charge in [0.15, 0.2) is 0 Å². The van der Waals surface area contributed by atoms with Gasteiger partial charge >= 0.3 is 0 Å². The lowest BCUT2D eigenvalue weighted by Crippen LogP contribution is -2.18. The van der Waals surface area contributed by atoms with Crippen molar-refractivity contribution in [3.05, 3.63) is 83.9 Å². The van der Waals surface area contributed by atoms with Crippen LogP contribution in [-0.2, 0) is 19.7 Å². The van der Waals surface area contributed by atoms with Crippen molar-refractivity contribution in [3.8, 4) is 5.75 Å². The van der Waals surface area contributed by atoms with E-state index >= 15 is 0 Å². The molecule has 124 valence electrons. The normalized spacial score (nSPS) is 10.7. The minimum Gasteiger partial charge on any atom is -0.489 e. The van der Waals surface area contributed by atoms with Crippen LogP contribution in [0.4, 0.5) is 0 Å². The summed E-state index contributed by atoms with van der Waals surface area (Å²) < 4.78 is 7.90. The van der Waals surface area contributed by atoms with Crippen molar-refractivity contribution in [2.75, 3.05) is 6.54 Å². The van der Waals surface area contributed by atoms with Crippen LogP contribution in [0.3, 0.4) is 0 Å². The van der Waals surface area contributed by atoms with E-state index in [0.717, 1.165) is 25.4 Å². The smallest absolute Gasteiger partial charge is 0.119 e. The molecule has 0 amide bonds. The first-order chi connectivity index (χ1) is 11.8. The molecule has 0 atom stereocenters. The third kappa shape index (κ3) is 4.96. The van der Waals surface area contributed by atoms with Gasteiger partial charge in [-0.1, -0.05) is 42.0 Å². The van der Waals surface area contributed by atoms with E-state index in [1.807, 2.05) is 24.7 Å². The number of hydrogen-bond acceptors (Lipinski definition) is 3. The highest BCUT2D eigenvalue weighted by atomic mass is 16.5. The van der Waals surface area contributed by atoms with Gasteiger partial charge in [0.1, 0.15) is 12.4 Å². The molecular weight excluding hydrogens is 298 g/mol. The molecule has 0 bridgehead atoms. The lowest BCUT2D eigenvalue weighted by Gasteiger charge is -2.09. The van der Waals surface area contributed by atoms with Crippen LogP contribution in [0.1, 0.15) is 16.7 Å². The number of hydrogen-bond donors (Lipinski definition) is 1. The van der Waals surface area contributed by atoms with Gasteiger partial charge in [0.25, 0.3) is 0 Å². The van der Waals surface area contributed by atoms with Gasteiger partial charge in [-0.3, -0.25) is 0 Å². The zero-order valence-electron chi connectivity index (χ0n) is 14.0. The third-order valence-electron chi connectivity index (χ3n) is 3.88. The fourth-order valence-corrected chi connectivity index (χ4v) is 2.41. The van der Waals surface area contributed by atoms with Gasteiger partial charge in [-0.05, 0) is 30.2 Å². The highest BCUT2D eigenvalue weighted by Gasteiger charge is 1.98. The van der Waals surface area contributed by atoms with Crippen molar-refractivity contribution < 1.29 is 4.74 Å². The second-order valence-corrected chi connectivity index (χ2v) is 5.90. The quantitative estimate of drug-likeness (QED) is 0.645. The summed E-state index contributed by atoms with van der Waals surface area (Å²) in [6, 6.07) is 16.7. The largest absolute Gasteiger partial charge is 0.489 e. The maximum absolute atomic E-state index is 5.83. The van der Waals surface area contributed by atoms with E-state index in [1.165, 1.54) is 16.7 Å². The van der Waals surface area contributed by atoms with Crippen molar-refractivity contribution in [2.45, 2.75) is 26.6 Å². The minimum atomic E-state index is 0.600. The summed E-state index contributed by atoms with van der Waals surface area (Å²) in [5, 5.41) is 3.43. The van der Waals surface area contributed by atoms with Crippen LogP contribution >= 0.6 is 0 Å². The van der Waals surface area contributed by atoms with E-state index < -0.39 is 0 Å². The highest BCUT2D eigenvalue weighted by molar-refractivity contribution is 5.28. The van der Waals surface area contributed by atoms with E-state index in [4.69, 9.17) is 4.74 Å². The zero-order valence-corrected chi connectivity index (χ0v) is 14.0. The van der Waals surface area contributed by atoms with E-state index in [-0.39, 0.29) is 0 Å². The summed E-state index contributed by atoms with van der Waals surface area (Å²) in [7, 11) is 0. The lowest BCUT2D eigenvalue weighted by atomic mass is 10.2. The number of aryl methyl sites for hydroxylation is 1. The molecule has 1 aromatic heterocycles. The molecule has 0 aliphatic rings. The molecular formula is C20H23N3O. The number of aromatic nitrogens is 2. The second-order valence-electron chi connectivity index (χ2n) is 5.90. The summed E-state index contributed by atoms with van der Waals surface area (Å²) in [6.07, 6.45) is 5.61. The standard InChI is InChI=1S/C20H23N3O/c1-17-2-4-19(5-3-17)15-24-20-8-6-18(7-9-20)14-21-10-12-23-13-11-22-16-23/h2-9,11,13,16,21H,10,12,14-15H2,1H3. The number of nitrogens with one attached hydrogen (secondary N) is 1. The van der Waals surface area contributed by atoms with Crippen LogP contribution in [-0.4, -0.2) is 16.1 Å². The average Bonchev–Trinajstić information content (AvgIpc) is 3.13. The SMILES string of the molecule is Cc1ccc(COc2ccc(CNCCn3ccnc3)cc2)cc1. The van der Waals surface area contributed by atoms with Gasteiger partial charge in [0.2, 0.25) is 0 Å². The minimum absolute atomic E-state index is 0.600. The highest BCUT2D eigenvalue weighted by Crippen LogP contribution is 2.14.